The molecule has 0 saturated carbocycles. The summed E-state index contributed by atoms with van der Waals surface area (Å²) in [4.78, 5) is 0. The van der Waals surface area contributed by atoms with Gasteiger partial charge < -0.3 is 4.18 Å². The Morgan fingerprint density at radius 1 is 1.42 bits per heavy atom. The molecule has 0 heterocycles. The Morgan fingerprint density at radius 2 is 2.00 bits per heavy atom. The Bertz CT molecular complexity index is 292. The van der Waals surface area contributed by atoms with Crippen LogP contribution in [-0.4, -0.2) is 8.76 Å². The fraction of sp³-hybridized carbons (Fsp3) is 0. The Kier molecular flexibility index (Phi) is 3.01. The zero-order chi connectivity index (χ0) is 8.97. The van der Waals surface area contributed by atoms with Crippen molar-refractivity contribution in [3.63, 3.8) is 0 Å². The fourth-order valence-electron chi connectivity index (χ4n) is 0.742. The van der Waals surface area contributed by atoms with Crippen molar-refractivity contribution in [1.29, 1.82) is 0 Å². The first kappa shape index (κ1) is 8.96. The highest BCUT2D eigenvalue weighted by Gasteiger charge is 1.96. The minimum atomic E-state index is -2.25. The molecular weight excluding hydrogens is 176 g/mol. The van der Waals surface area contributed by atoms with Gasteiger partial charge in [-0.3, -0.25) is 4.55 Å². The van der Waals surface area contributed by atoms with Crippen molar-refractivity contribution in [2.24, 2.45) is 0 Å². The standard InChI is InChI=1S/C8H8O3S/c1-2-7-3-5-8(6-4-7)11-12(9)10/h2-6H,1H2,(H,9,10). The minimum absolute atomic E-state index is 0.362. The lowest BCUT2D eigenvalue weighted by Crippen LogP contribution is -1.96. The SMILES string of the molecule is C=Cc1ccc(OS(=O)O)cc1. The van der Waals surface area contributed by atoms with Gasteiger partial charge in [0.1, 0.15) is 5.75 Å². The zero-order valence-electron chi connectivity index (χ0n) is 6.27. The van der Waals surface area contributed by atoms with Gasteiger partial charge in [0.2, 0.25) is 0 Å². The van der Waals surface area contributed by atoms with Crippen LogP contribution in [0.4, 0.5) is 0 Å². The van der Waals surface area contributed by atoms with Gasteiger partial charge in [0.15, 0.2) is 0 Å². The second kappa shape index (κ2) is 4.04. The topological polar surface area (TPSA) is 46.5 Å². The van der Waals surface area contributed by atoms with E-state index < -0.39 is 11.4 Å². The molecule has 0 aromatic heterocycles. The van der Waals surface area contributed by atoms with Crippen LogP contribution in [0.25, 0.3) is 6.08 Å². The predicted octanol–water partition coefficient (Wildman–Crippen LogP) is 1.85. The summed E-state index contributed by atoms with van der Waals surface area (Å²) in [5.74, 6) is 0.362. The zero-order valence-corrected chi connectivity index (χ0v) is 7.08. The molecule has 0 spiro atoms. The van der Waals surface area contributed by atoms with E-state index in [1.165, 1.54) is 0 Å². The van der Waals surface area contributed by atoms with E-state index >= 15 is 0 Å². The van der Waals surface area contributed by atoms with Gasteiger partial charge in [0.25, 0.3) is 0 Å². The Balaban J connectivity index is 2.77. The maximum Gasteiger partial charge on any atom is 0.357 e. The molecular formula is C8H8O3S. The minimum Gasteiger partial charge on any atom is -0.380 e. The molecule has 0 saturated heterocycles. The largest absolute Gasteiger partial charge is 0.380 e. The van der Waals surface area contributed by atoms with Crippen molar-refractivity contribution >= 4 is 17.4 Å². The average Bonchev–Trinajstić information content (AvgIpc) is 2.05. The molecule has 1 aromatic carbocycles. The molecule has 1 N–H and O–H groups in total. The van der Waals surface area contributed by atoms with Gasteiger partial charge >= 0.3 is 11.4 Å². The molecule has 4 heteroatoms. The first-order valence-corrected chi connectivity index (χ1v) is 4.27. The maximum atomic E-state index is 10.2. The molecule has 1 aromatic rings. The second-order valence-electron chi connectivity index (χ2n) is 2.07. The van der Waals surface area contributed by atoms with Gasteiger partial charge in [0, 0.05) is 0 Å². The summed E-state index contributed by atoms with van der Waals surface area (Å²) in [6.07, 6.45) is 1.68. The molecule has 0 bridgehead atoms. The Hall–Kier alpha value is -1.13. The fourth-order valence-corrected chi connectivity index (χ4v) is 1.02. The van der Waals surface area contributed by atoms with E-state index in [0.717, 1.165) is 5.56 Å². The molecule has 12 heavy (non-hydrogen) atoms. The van der Waals surface area contributed by atoms with Crippen molar-refractivity contribution in [1.82, 2.24) is 0 Å². The van der Waals surface area contributed by atoms with E-state index in [-0.39, 0.29) is 0 Å². The van der Waals surface area contributed by atoms with Gasteiger partial charge in [0.05, 0.1) is 0 Å². The molecule has 3 nitrogen and oxygen atoms in total. The number of rotatable bonds is 3. The molecule has 0 fully saturated rings. The van der Waals surface area contributed by atoms with E-state index in [4.69, 9.17) is 4.55 Å². The van der Waals surface area contributed by atoms with Crippen molar-refractivity contribution in [2.45, 2.75) is 0 Å². The highest BCUT2D eigenvalue weighted by atomic mass is 32.2. The molecule has 0 amide bonds. The molecule has 1 unspecified atom stereocenters. The summed E-state index contributed by atoms with van der Waals surface area (Å²) in [7, 11) is 0. The van der Waals surface area contributed by atoms with Gasteiger partial charge in [-0.15, -0.1) is 0 Å². The normalized spacial score (nSPS) is 12.1. The van der Waals surface area contributed by atoms with Gasteiger partial charge in [-0.1, -0.05) is 24.8 Å². The second-order valence-corrected chi connectivity index (χ2v) is 2.67. The van der Waals surface area contributed by atoms with Crippen LogP contribution in [0.3, 0.4) is 0 Å². The van der Waals surface area contributed by atoms with Crippen LogP contribution in [0, 0.1) is 0 Å². The van der Waals surface area contributed by atoms with Crippen LogP contribution in [0.2, 0.25) is 0 Å². The average molecular weight is 184 g/mol. The highest BCUT2D eigenvalue weighted by Crippen LogP contribution is 2.13. The molecule has 1 atom stereocenters. The molecule has 0 aliphatic carbocycles. The van der Waals surface area contributed by atoms with Crippen LogP contribution >= 0.6 is 0 Å². The van der Waals surface area contributed by atoms with E-state index in [0.29, 0.717) is 5.75 Å². The summed E-state index contributed by atoms with van der Waals surface area (Å²) in [6.45, 7) is 3.57. The molecule has 0 aliphatic rings. The quantitative estimate of drug-likeness (QED) is 0.729. The van der Waals surface area contributed by atoms with Crippen molar-refractivity contribution in [3.05, 3.63) is 36.4 Å². The van der Waals surface area contributed by atoms with E-state index in [2.05, 4.69) is 10.8 Å². The summed E-state index contributed by atoms with van der Waals surface area (Å²) in [6, 6.07) is 6.70. The van der Waals surface area contributed by atoms with Crippen molar-refractivity contribution < 1.29 is 12.9 Å². The third-order valence-electron chi connectivity index (χ3n) is 1.28. The van der Waals surface area contributed by atoms with Gasteiger partial charge in [-0.25, -0.2) is 0 Å². The summed E-state index contributed by atoms with van der Waals surface area (Å²) in [5, 5.41) is 0. The van der Waals surface area contributed by atoms with Crippen molar-refractivity contribution in [2.75, 3.05) is 0 Å². The molecule has 1 rings (SSSR count). The van der Waals surface area contributed by atoms with Crippen LogP contribution in [0.15, 0.2) is 30.8 Å². The molecule has 64 valence electrons. The third kappa shape index (κ3) is 2.48. The number of hydrogen-bond acceptors (Lipinski definition) is 2. The van der Waals surface area contributed by atoms with Crippen LogP contribution in [-0.2, 0) is 11.4 Å². The molecule has 0 aliphatic heterocycles. The van der Waals surface area contributed by atoms with Crippen LogP contribution in [0.1, 0.15) is 5.56 Å². The number of benzene rings is 1. The van der Waals surface area contributed by atoms with E-state index in [1.807, 2.05) is 0 Å². The maximum absolute atomic E-state index is 10.2. The Labute approximate surface area is 73.2 Å². The van der Waals surface area contributed by atoms with Gasteiger partial charge in [-0.05, 0) is 17.7 Å². The summed E-state index contributed by atoms with van der Waals surface area (Å²) < 4.78 is 23.1. The smallest absolute Gasteiger partial charge is 0.357 e. The van der Waals surface area contributed by atoms with E-state index in [1.54, 1.807) is 30.3 Å². The first-order valence-electron chi connectivity index (χ1n) is 3.24. The van der Waals surface area contributed by atoms with Crippen molar-refractivity contribution in [3.8, 4) is 5.75 Å². The highest BCUT2D eigenvalue weighted by molar-refractivity contribution is 7.74. The van der Waals surface area contributed by atoms with Crippen LogP contribution in [0.5, 0.6) is 5.75 Å². The van der Waals surface area contributed by atoms with Gasteiger partial charge in [-0.2, -0.15) is 4.21 Å². The monoisotopic (exact) mass is 184 g/mol. The lowest BCUT2D eigenvalue weighted by molar-refractivity contribution is 0.458. The third-order valence-corrected chi connectivity index (χ3v) is 1.62. The summed E-state index contributed by atoms with van der Waals surface area (Å²) in [5.41, 5.74) is 0.936. The number of hydrogen-bond donors (Lipinski definition) is 1. The first-order chi connectivity index (χ1) is 5.72. The van der Waals surface area contributed by atoms with E-state index in [9.17, 15) is 4.21 Å². The lowest BCUT2D eigenvalue weighted by Gasteiger charge is -1.98. The Morgan fingerprint density at radius 3 is 2.42 bits per heavy atom. The lowest BCUT2D eigenvalue weighted by atomic mass is 10.2. The van der Waals surface area contributed by atoms with Crippen LogP contribution < -0.4 is 4.18 Å². The summed E-state index contributed by atoms with van der Waals surface area (Å²) >= 11 is -2.25. The predicted molar refractivity (Wildman–Crippen MR) is 47.9 cm³/mol. The molecule has 0 radical (unpaired) electrons.